The summed E-state index contributed by atoms with van der Waals surface area (Å²) in [6.45, 7) is 10.7. The van der Waals surface area contributed by atoms with Gasteiger partial charge in [-0.15, -0.1) is 22.7 Å². The molecule has 94 valence electrons. The van der Waals surface area contributed by atoms with E-state index in [2.05, 4.69) is 45.0 Å². The van der Waals surface area contributed by atoms with Crippen molar-refractivity contribution in [2.24, 2.45) is 0 Å². The largest absolute Gasteiger partial charge is 0.140 e. The van der Waals surface area contributed by atoms with E-state index in [0.717, 1.165) is 0 Å². The smallest absolute Gasteiger partial charge is 0.0445 e. The van der Waals surface area contributed by atoms with Crippen LogP contribution in [0.5, 0.6) is 0 Å². The van der Waals surface area contributed by atoms with Crippen LogP contribution in [-0.2, 0) is 0 Å². The zero-order chi connectivity index (χ0) is 12.8. The summed E-state index contributed by atoms with van der Waals surface area (Å²) in [5, 5.41) is 0. The Morgan fingerprint density at radius 2 is 1.59 bits per heavy atom. The van der Waals surface area contributed by atoms with Crippen molar-refractivity contribution in [1.29, 1.82) is 0 Å². The highest BCUT2D eigenvalue weighted by molar-refractivity contribution is 7.22. The van der Waals surface area contributed by atoms with Crippen molar-refractivity contribution in [2.45, 2.75) is 47.0 Å². The summed E-state index contributed by atoms with van der Waals surface area (Å²) in [5.41, 5.74) is 0. The lowest BCUT2D eigenvalue weighted by Gasteiger charge is -2.03. The van der Waals surface area contributed by atoms with Gasteiger partial charge in [-0.05, 0) is 43.5 Å². The van der Waals surface area contributed by atoms with Crippen LogP contribution in [0.25, 0.3) is 9.75 Å². The third-order valence-corrected chi connectivity index (χ3v) is 5.22. The Labute approximate surface area is 113 Å². The van der Waals surface area contributed by atoms with Crippen molar-refractivity contribution < 1.29 is 0 Å². The van der Waals surface area contributed by atoms with Gasteiger partial charge in [0.05, 0.1) is 0 Å². The SMILES string of the molecule is CC.CCC(C)c1ccc(-c2ccc(C)s2)s1. The lowest BCUT2D eigenvalue weighted by Crippen LogP contribution is -1.84. The molecular weight excluding hydrogens is 244 g/mol. The highest BCUT2D eigenvalue weighted by Crippen LogP contribution is 2.36. The lowest BCUT2D eigenvalue weighted by molar-refractivity contribution is 0.748. The summed E-state index contributed by atoms with van der Waals surface area (Å²) in [4.78, 5) is 5.73. The van der Waals surface area contributed by atoms with Gasteiger partial charge in [0, 0.05) is 19.5 Å². The molecule has 0 aliphatic rings. The molecule has 2 aromatic rings. The maximum atomic E-state index is 2.30. The van der Waals surface area contributed by atoms with Crippen molar-refractivity contribution >= 4 is 22.7 Å². The first-order valence-corrected chi connectivity index (χ1v) is 8.00. The van der Waals surface area contributed by atoms with Crippen molar-refractivity contribution in [3.63, 3.8) is 0 Å². The molecule has 0 aliphatic carbocycles. The number of rotatable bonds is 3. The van der Waals surface area contributed by atoms with E-state index in [4.69, 9.17) is 0 Å². The quantitative estimate of drug-likeness (QED) is 0.609. The fraction of sp³-hybridized carbons (Fsp3) is 0.467. The molecule has 0 aliphatic heterocycles. The van der Waals surface area contributed by atoms with Gasteiger partial charge in [-0.2, -0.15) is 0 Å². The molecule has 0 N–H and O–H groups in total. The predicted molar refractivity (Wildman–Crippen MR) is 82.4 cm³/mol. The van der Waals surface area contributed by atoms with E-state index in [1.54, 1.807) is 0 Å². The summed E-state index contributed by atoms with van der Waals surface area (Å²) in [5.74, 6) is 0.699. The van der Waals surface area contributed by atoms with Gasteiger partial charge in [0.1, 0.15) is 0 Å². The summed E-state index contributed by atoms with van der Waals surface area (Å²) >= 11 is 3.83. The van der Waals surface area contributed by atoms with Gasteiger partial charge in [-0.1, -0.05) is 27.7 Å². The molecule has 0 saturated carbocycles. The zero-order valence-electron chi connectivity index (χ0n) is 11.4. The molecule has 2 heteroatoms. The molecule has 0 amide bonds. The van der Waals surface area contributed by atoms with Crippen molar-refractivity contribution in [2.75, 3.05) is 0 Å². The Morgan fingerprint density at radius 3 is 2.12 bits per heavy atom. The van der Waals surface area contributed by atoms with Crippen LogP contribution in [0, 0.1) is 6.92 Å². The average molecular weight is 266 g/mol. The molecule has 0 spiro atoms. The maximum absolute atomic E-state index is 2.30. The Kier molecular flexibility index (Phi) is 5.93. The van der Waals surface area contributed by atoms with Crippen LogP contribution < -0.4 is 0 Å². The summed E-state index contributed by atoms with van der Waals surface area (Å²) in [7, 11) is 0. The van der Waals surface area contributed by atoms with Crippen LogP contribution in [0.3, 0.4) is 0 Å². The van der Waals surface area contributed by atoms with Gasteiger partial charge in [0.2, 0.25) is 0 Å². The minimum absolute atomic E-state index is 0.699. The van der Waals surface area contributed by atoms with Gasteiger partial charge in [0.25, 0.3) is 0 Å². The molecule has 0 nitrogen and oxygen atoms in total. The molecular formula is C15H22S2. The molecule has 2 rings (SSSR count). The minimum Gasteiger partial charge on any atom is -0.140 e. The van der Waals surface area contributed by atoms with E-state index in [0.29, 0.717) is 5.92 Å². The molecule has 1 atom stereocenters. The molecule has 2 aromatic heterocycles. The topological polar surface area (TPSA) is 0 Å². The van der Waals surface area contributed by atoms with Crippen LogP contribution in [-0.4, -0.2) is 0 Å². The standard InChI is InChI=1S/C13H16S2.C2H6/c1-4-9(2)11-7-8-13(15-11)12-6-5-10(3)14-12;1-2/h5-9H,4H2,1-3H3;1-2H3. The molecule has 2 heterocycles. The van der Waals surface area contributed by atoms with E-state index in [9.17, 15) is 0 Å². The Morgan fingerprint density at radius 1 is 1.00 bits per heavy atom. The fourth-order valence-corrected chi connectivity index (χ4v) is 3.62. The molecule has 1 unspecified atom stereocenters. The second kappa shape index (κ2) is 6.97. The first-order valence-electron chi connectivity index (χ1n) is 6.37. The number of aryl methyl sites for hydroxylation is 1. The Bertz CT molecular complexity index is 437. The lowest BCUT2D eigenvalue weighted by atomic mass is 10.1. The van der Waals surface area contributed by atoms with Crippen molar-refractivity contribution in [1.82, 2.24) is 0 Å². The van der Waals surface area contributed by atoms with Gasteiger partial charge in [-0.25, -0.2) is 0 Å². The Balaban J connectivity index is 0.000000686. The molecule has 17 heavy (non-hydrogen) atoms. The summed E-state index contributed by atoms with van der Waals surface area (Å²) in [6.07, 6.45) is 1.23. The minimum atomic E-state index is 0.699. The van der Waals surface area contributed by atoms with E-state index < -0.39 is 0 Å². The van der Waals surface area contributed by atoms with Crippen molar-refractivity contribution in [3.8, 4) is 9.75 Å². The van der Waals surface area contributed by atoms with Crippen LogP contribution in [0.1, 0.15) is 49.8 Å². The first kappa shape index (κ1) is 14.5. The van der Waals surface area contributed by atoms with Gasteiger partial charge < -0.3 is 0 Å². The normalized spacial score (nSPS) is 11.8. The van der Waals surface area contributed by atoms with Crippen LogP contribution in [0.2, 0.25) is 0 Å². The monoisotopic (exact) mass is 266 g/mol. The van der Waals surface area contributed by atoms with Gasteiger partial charge in [-0.3, -0.25) is 0 Å². The van der Waals surface area contributed by atoms with Crippen LogP contribution in [0.4, 0.5) is 0 Å². The van der Waals surface area contributed by atoms with Crippen LogP contribution >= 0.6 is 22.7 Å². The van der Waals surface area contributed by atoms with Gasteiger partial charge >= 0.3 is 0 Å². The number of hydrogen-bond acceptors (Lipinski definition) is 2. The number of hydrogen-bond donors (Lipinski definition) is 0. The second-order valence-corrected chi connectivity index (χ2v) is 6.32. The molecule has 0 fully saturated rings. The molecule has 0 radical (unpaired) electrons. The molecule has 0 saturated heterocycles. The average Bonchev–Trinajstić information content (AvgIpc) is 2.99. The first-order chi connectivity index (χ1) is 8.20. The van der Waals surface area contributed by atoms with E-state index >= 15 is 0 Å². The van der Waals surface area contributed by atoms with E-state index in [-0.39, 0.29) is 0 Å². The molecule has 0 aromatic carbocycles. The maximum Gasteiger partial charge on any atom is 0.0445 e. The van der Waals surface area contributed by atoms with Crippen LogP contribution in [0.15, 0.2) is 24.3 Å². The fourth-order valence-electron chi connectivity index (χ4n) is 1.52. The molecule has 0 bridgehead atoms. The summed E-state index contributed by atoms with van der Waals surface area (Å²) in [6, 6.07) is 8.97. The van der Waals surface area contributed by atoms with Gasteiger partial charge in [0.15, 0.2) is 0 Å². The predicted octanol–water partition coefficient (Wildman–Crippen LogP) is 6.32. The zero-order valence-corrected chi connectivity index (χ0v) is 13.0. The second-order valence-electron chi connectivity index (χ2n) is 3.92. The van der Waals surface area contributed by atoms with E-state index in [1.165, 1.54) is 25.9 Å². The third-order valence-electron chi connectivity index (χ3n) is 2.71. The summed E-state index contributed by atoms with van der Waals surface area (Å²) < 4.78 is 0. The Hall–Kier alpha value is -0.600. The third kappa shape index (κ3) is 3.68. The van der Waals surface area contributed by atoms with Crippen molar-refractivity contribution in [3.05, 3.63) is 34.0 Å². The van der Waals surface area contributed by atoms with E-state index in [1.807, 2.05) is 36.5 Å². The number of thiophene rings is 2. The highest BCUT2D eigenvalue weighted by atomic mass is 32.1. The highest BCUT2D eigenvalue weighted by Gasteiger charge is 2.08.